The molecule has 0 bridgehead atoms. The summed E-state index contributed by atoms with van der Waals surface area (Å²) in [5.41, 5.74) is 0. The van der Waals surface area contributed by atoms with Crippen LogP contribution in [-0.4, -0.2) is 30.2 Å². The van der Waals surface area contributed by atoms with Crippen molar-refractivity contribution in [3.63, 3.8) is 0 Å². The predicted molar refractivity (Wildman–Crippen MR) is 68.6 cm³/mol. The van der Waals surface area contributed by atoms with Crippen molar-refractivity contribution in [3.8, 4) is 0 Å². The van der Waals surface area contributed by atoms with E-state index in [0.29, 0.717) is 6.61 Å². The highest BCUT2D eigenvalue weighted by molar-refractivity contribution is 5.01. The van der Waals surface area contributed by atoms with Crippen molar-refractivity contribution in [1.29, 1.82) is 0 Å². The molecule has 1 rings (SSSR count). The number of allylic oxidation sites excluding steroid dienone is 3. The van der Waals surface area contributed by atoms with Crippen LogP contribution in [-0.2, 0) is 9.47 Å². The first-order chi connectivity index (χ1) is 8.07. The van der Waals surface area contributed by atoms with Gasteiger partial charge in [-0.05, 0) is 13.8 Å². The van der Waals surface area contributed by atoms with E-state index in [1.807, 2.05) is 52.0 Å². The fraction of sp³-hybridized carbons (Fsp3) is 0.714. The van der Waals surface area contributed by atoms with Crippen LogP contribution in [0.15, 0.2) is 24.3 Å². The first kappa shape index (κ1) is 14.4. The van der Waals surface area contributed by atoms with Gasteiger partial charge in [-0.25, -0.2) is 0 Å². The standard InChI is InChI=1S/C14H24O3/c1-5-6-7-8-9-16-14-11(3)13(15)10(2)12(4)17-14/h5-8,10-15H,9H2,1-4H3/b6-5+,8-7+/t10-,11?,12?,13?,14+/m0/s1. The Labute approximate surface area is 104 Å². The molecule has 0 aromatic rings. The van der Waals surface area contributed by atoms with Crippen molar-refractivity contribution in [2.24, 2.45) is 11.8 Å². The van der Waals surface area contributed by atoms with Gasteiger partial charge >= 0.3 is 0 Å². The van der Waals surface area contributed by atoms with E-state index in [2.05, 4.69) is 0 Å². The lowest BCUT2D eigenvalue weighted by Gasteiger charge is -2.40. The van der Waals surface area contributed by atoms with Gasteiger partial charge in [0.25, 0.3) is 0 Å². The van der Waals surface area contributed by atoms with E-state index in [1.165, 1.54) is 0 Å². The summed E-state index contributed by atoms with van der Waals surface area (Å²) in [6, 6.07) is 0. The average molecular weight is 240 g/mol. The highest BCUT2D eigenvalue weighted by atomic mass is 16.7. The summed E-state index contributed by atoms with van der Waals surface area (Å²) in [6.07, 6.45) is 7.15. The maximum atomic E-state index is 10.0. The zero-order valence-electron chi connectivity index (χ0n) is 11.2. The summed E-state index contributed by atoms with van der Waals surface area (Å²) < 4.78 is 11.4. The van der Waals surface area contributed by atoms with Gasteiger partial charge in [0.15, 0.2) is 6.29 Å². The quantitative estimate of drug-likeness (QED) is 0.767. The van der Waals surface area contributed by atoms with Gasteiger partial charge in [0, 0.05) is 11.8 Å². The smallest absolute Gasteiger partial charge is 0.163 e. The van der Waals surface area contributed by atoms with E-state index >= 15 is 0 Å². The van der Waals surface area contributed by atoms with Gasteiger partial charge in [0.05, 0.1) is 18.8 Å². The fourth-order valence-electron chi connectivity index (χ4n) is 1.96. The summed E-state index contributed by atoms with van der Waals surface area (Å²) in [6.45, 7) is 8.43. The van der Waals surface area contributed by atoms with Crippen LogP contribution in [0.4, 0.5) is 0 Å². The highest BCUT2D eigenvalue weighted by Gasteiger charge is 2.38. The lowest BCUT2D eigenvalue weighted by atomic mass is 9.86. The Kier molecular flexibility index (Phi) is 5.89. The second-order valence-electron chi connectivity index (χ2n) is 4.71. The Morgan fingerprint density at radius 2 is 1.88 bits per heavy atom. The minimum atomic E-state index is -0.358. The number of aliphatic hydroxyl groups excluding tert-OH is 1. The highest BCUT2D eigenvalue weighted by Crippen LogP contribution is 2.30. The minimum Gasteiger partial charge on any atom is -0.392 e. The molecule has 0 aliphatic carbocycles. The molecule has 1 heterocycles. The molecular weight excluding hydrogens is 216 g/mol. The third-order valence-electron chi connectivity index (χ3n) is 3.39. The lowest BCUT2D eigenvalue weighted by Crippen LogP contribution is -2.48. The third-order valence-corrected chi connectivity index (χ3v) is 3.39. The van der Waals surface area contributed by atoms with Crippen LogP contribution in [0.25, 0.3) is 0 Å². The van der Waals surface area contributed by atoms with Crippen molar-refractivity contribution in [2.75, 3.05) is 6.61 Å². The van der Waals surface area contributed by atoms with Gasteiger partial charge in [-0.15, -0.1) is 0 Å². The molecule has 1 aliphatic rings. The van der Waals surface area contributed by atoms with Crippen LogP contribution in [0.2, 0.25) is 0 Å². The molecule has 17 heavy (non-hydrogen) atoms. The van der Waals surface area contributed by atoms with E-state index in [-0.39, 0.29) is 30.3 Å². The van der Waals surface area contributed by atoms with E-state index < -0.39 is 0 Å². The second kappa shape index (κ2) is 6.94. The summed E-state index contributed by atoms with van der Waals surface area (Å²) in [7, 11) is 0. The van der Waals surface area contributed by atoms with Crippen LogP contribution < -0.4 is 0 Å². The van der Waals surface area contributed by atoms with Crippen LogP contribution >= 0.6 is 0 Å². The number of hydrogen-bond donors (Lipinski definition) is 1. The molecule has 0 radical (unpaired) electrons. The monoisotopic (exact) mass is 240 g/mol. The first-order valence-electron chi connectivity index (χ1n) is 6.30. The molecule has 98 valence electrons. The van der Waals surface area contributed by atoms with Crippen LogP contribution in [0.1, 0.15) is 27.7 Å². The van der Waals surface area contributed by atoms with Crippen molar-refractivity contribution in [2.45, 2.75) is 46.2 Å². The van der Waals surface area contributed by atoms with Crippen LogP contribution in [0.5, 0.6) is 0 Å². The molecule has 3 unspecified atom stereocenters. The molecule has 1 saturated heterocycles. The normalized spacial score (nSPS) is 39.2. The van der Waals surface area contributed by atoms with E-state index in [4.69, 9.17) is 9.47 Å². The Morgan fingerprint density at radius 3 is 2.53 bits per heavy atom. The number of aliphatic hydroxyl groups is 1. The first-order valence-corrected chi connectivity index (χ1v) is 6.30. The minimum absolute atomic E-state index is 0.0105. The molecule has 0 amide bonds. The summed E-state index contributed by atoms with van der Waals surface area (Å²) in [5.74, 6) is 0.166. The van der Waals surface area contributed by atoms with Crippen molar-refractivity contribution in [3.05, 3.63) is 24.3 Å². The summed E-state index contributed by atoms with van der Waals surface area (Å²) >= 11 is 0. The van der Waals surface area contributed by atoms with Gasteiger partial charge in [-0.1, -0.05) is 38.2 Å². The summed E-state index contributed by atoms with van der Waals surface area (Å²) in [5, 5.41) is 10.0. The fourth-order valence-corrected chi connectivity index (χ4v) is 1.96. The topological polar surface area (TPSA) is 38.7 Å². The molecule has 0 spiro atoms. The van der Waals surface area contributed by atoms with Gasteiger partial charge in [-0.2, -0.15) is 0 Å². The summed E-state index contributed by atoms with van der Waals surface area (Å²) in [4.78, 5) is 0. The predicted octanol–water partition coefficient (Wildman–Crippen LogP) is 2.51. The molecule has 5 atom stereocenters. The maximum absolute atomic E-state index is 10.0. The molecule has 0 aromatic heterocycles. The molecule has 0 saturated carbocycles. The molecular formula is C14H24O3. The SMILES string of the molecule is C/C=C/C=C/CO[C@@H]1OC(C)[C@H](C)C(O)C1C. The van der Waals surface area contributed by atoms with Crippen LogP contribution in [0.3, 0.4) is 0 Å². The molecule has 3 nitrogen and oxygen atoms in total. The van der Waals surface area contributed by atoms with E-state index in [9.17, 15) is 5.11 Å². The molecule has 3 heteroatoms. The Balaban J connectivity index is 2.42. The van der Waals surface area contributed by atoms with Crippen molar-refractivity contribution in [1.82, 2.24) is 0 Å². The molecule has 0 aromatic carbocycles. The molecule has 1 aliphatic heterocycles. The van der Waals surface area contributed by atoms with Crippen molar-refractivity contribution < 1.29 is 14.6 Å². The van der Waals surface area contributed by atoms with Gasteiger partial charge in [0.2, 0.25) is 0 Å². The maximum Gasteiger partial charge on any atom is 0.163 e. The third kappa shape index (κ3) is 3.95. The molecule has 1 N–H and O–H groups in total. The Bertz CT molecular complexity index is 273. The van der Waals surface area contributed by atoms with Crippen LogP contribution in [0, 0.1) is 11.8 Å². The number of rotatable bonds is 4. The largest absolute Gasteiger partial charge is 0.392 e. The van der Waals surface area contributed by atoms with E-state index in [0.717, 1.165) is 0 Å². The molecule has 1 fully saturated rings. The lowest BCUT2D eigenvalue weighted by molar-refractivity contribution is -0.253. The average Bonchev–Trinajstić information content (AvgIpc) is 2.32. The van der Waals surface area contributed by atoms with Crippen molar-refractivity contribution >= 4 is 0 Å². The second-order valence-corrected chi connectivity index (χ2v) is 4.71. The van der Waals surface area contributed by atoms with Gasteiger partial charge in [-0.3, -0.25) is 0 Å². The zero-order chi connectivity index (χ0) is 12.8. The van der Waals surface area contributed by atoms with E-state index in [1.54, 1.807) is 0 Å². The Hall–Kier alpha value is -0.640. The van der Waals surface area contributed by atoms with Gasteiger partial charge in [0.1, 0.15) is 0 Å². The number of ether oxygens (including phenoxy) is 2. The number of hydrogen-bond acceptors (Lipinski definition) is 3. The zero-order valence-corrected chi connectivity index (χ0v) is 11.2. The Morgan fingerprint density at radius 1 is 1.18 bits per heavy atom. The van der Waals surface area contributed by atoms with Gasteiger partial charge < -0.3 is 14.6 Å².